The maximum Gasteiger partial charge on any atom is 0.234 e. The van der Waals surface area contributed by atoms with Crippen molar-refractivity contribution in [3.05, 3.63) is 34.4 Å². The van der Waals surface area contributed by atoms with Gasteiger partial charge in [0.2, 0.25) is 19.3 Å². The number of hydrogen-bond acceptors (Lipinski definition) is 6. The summed E-state index contributed by atoms with van der Waals surface area (Å²) in [4.78, 5) is 2.12. The van der Waals surface area contributed by atoms with Crippen molar-refractivity contribution >= 4 is 26.3 Å². The molecule has 0 saturated carbocycles. The van der Waals surface area contributed by atoms with E-state index in [1.54, 1.807) is 0 Å². The van der Waals surface area contributed by atoms with Gasteiger partial charge in [-0.3, -0.25) is 0 Å². The number of sulfone groups is 1. The Balaban J connectivity index is 1.88. The van der Waals surface area contributed by atoms with E-state index >= 15 is 0 Å². The summed E-state index contributed by atoms with van der Waals surface area (Å²) >= 11 is 1.19. The maximum absolute atomic E-state index is 12.9. The lowest BCUT2D eigenvalue weighted by molar-refractivity contribution is 0.588. The molecule has 1 fully saturated rings. The van der Waals surface area contributed by atoms with E-state index in [1.807, 2.05) is 13.8 Å². The van der Waals surface area contributed by atoms with Gasteiger partial charge in [0.05, 0.1) is 5.75 Å². The first-order chi connectivity index (χ1) is 12.1. The topological polar surface area (TPSA) is 63.2 Å². The average molecular weight is 394 g/mol. The fourth-order valence-corrected chi connectivity index (χ4v) is 5.93. The zero-order valence-corrected chi connectivity index (χ0v) is 17.8. The van der Waals surface area contributed by atoms with Gasteiger partial charge in [0.25, 0.3) is 0 Å². The zero-order valence-electron chi connectivity index (χ0n) is 16.2. The van der Waals surface area contributed by atoms with Crippen molar-refractivity contribution in [1.82, 2.24) is 10.2 Å². The van der Waals surface area contributed by atoms with Crippen LogP contribution in [0.4, 0.5) is 5.13 Å². The standard InChI is InChI=1S/C19H27N3O2S2/c1-13-10-15(19(3,4)5)11-14(2)16(13)12-26(23,24)18-21-20-17(25-18)22-8-6-7-9-22/h10-11H,6-9,12H2,1-5H3. The molecule has 1 aliphatic heterocycles. The molecule has 0 spiro atoms. The molecule has 0 amide bonds. The summed E-state index contributed by atoms with van der Waals surface area (Å²) in [6.45, 7) is 12.3. The first-order valence-electron chi connectivity index (χ1n) is 9.00. The van der Waals surface area contributed by atoms with E-state index in [9.17, 15) is 8.42 Å². The summed E-state index contributed by atoms with van der Waals surface area (Å²) in [6.07, 6.45) is 2.25. The molecule has 0 bridgehead atoms. The molecule has 1 aliphatic rings. The quantitative estimate of drug-likeness (QED) is 0.785. The fraction of sp³-hybridized carbons (Fsp3) is 0.579. The highest BCUT2D eigenvalue weighted by molar-refractivity contribution is 7.92. The van der Waals surface area contributed by atoms with Crippen LogP contribution in [0, 0.1) is 13.8 Å². The van der Waals surface area contributed by atoms with E-state index in [2.05, 4.69) is 48.0 Å². The zero-order chi connectivity index (χ0) is 19.1. The fourth-order valence-electron chi connectivity index (χ4n) is 3.27. The Labute approximate surface area is 160 Å². The van der Waals surface area contributed by atoms with Gasteiger partial charge >= 0.3 is 0 Å². The number of hydrogen-bond donors (Lipinski definition) is 0. The third-order valence-electron chi connectivity index (χ3n) is 4.93. The summed E-state index contributed by atoms with van der Waals surface area (Å²) in [5.41, 5.74) is 4.17. The summed E-state index contributed by atoms with van der Waals surface area (Å²) in [7, 11) is -3.50. The molecule has 1 saturated heterocycles. The molecule has 3 rings (SSSR count). The predicted molar refractivity (Wildman–Crippen MR) is 107 cm³/mol. The lowest BCUT2D eigenvalue weighted by Gasteiger charge is -2.22. The molecule has 26 heavy (non-hydrogen) atoms. The second kappa shape index (κ2) is 6.93. The minimum atomic E-state index is -3.50. The lowest BCUT2D eigenvalue weighted by atomic mass is 9.84. The molecule has 0 N–H and O–H groups in total. The summed E-state index contributed by atoms with van der Waals surface area (Å²) in [6, 6.07) is 4.21. The number of aryl methyl sites for hydroxylation is 2. The van der Waals surface area contributed by atoms with Gasteiger partial charge in [0.1, 0.15) is 0 Å². The Bertz CT molecular complexity index is 882. The van der Waals surface area contributed by atoms with Crippen LogP contribution in [0.25, 0.3) is 0 Å². The molecule has 0 unspecified atom stereocenters. The SMILES string of the molecule is Cc1cc(C(C)(C)C)cc(C)c1CS(=O)(=O)c1nnc(N2CCCC2)s1. The van der Waals surface area contributed by atoms with Crippen molar-refractivity contribution in [2.24, 2.45) is 0 Å². The van der Waals surface area contributed by atoms with E-state index < -0.39 is 9.84 Å². The number of anilines is 1. The van der Waals surface area contributed by atoms with Gasteiger partial charge < -0.3 is 4.90 Å². The molecule has 0 radical (unpaired) electrons. The molecule has 7 heteroatoms. The summed E-state index contributed by atoms with van der Waals surface area (Å²) < 4.78 is 25.9. The van der Waals surface area contributed by atoms with Crippen LogP contribution < -0.4 is 4.90 Å². The Morgan fingerprint density at radius 3 is 2.19 bits per heavy atom. The molecule has 1 aromatic heterocycles. The molecular weight excluding hydrogens is 366 g/mol. The van der Waals surface area contributed by atoms with Gasteiger partial charge in [-0.05, 0) is 54.4 Å². The molecule has 0 aliphatic carbocycles. The van der Waals surface area contributed by atoms with E-state index in [0.29, 0.717) is 0 Å². The van der Waals surface area contributed by atoms with E-state index in [4.69, 9.17) is 0 Å². The van der Waals surface area contributed by atoms with Crippen LogP contribution in [-0.2, 0) is 21.0 Å². The second-order valence-electron chi connectivity index (χ2n) is 8.14. The molecular formula is C19H27N3O2S2. The predicted octanol–water partition coefficient (Wildman–Crippen LogP) is 4.03. The second-order valence-corrected chi connectivity index (χ2v) is 11.3. The smallest absolute Gasteiger partial charge is 0.234 e. The molecule has 5 nitrogen and oxygen atoms in total. The van der Waals surface area contributed by atoms with Crippen molar-refractivity contribution in [1.29, 1.82) is 0 Å². The van der Waals surface area contributed by atoms with Crippen molar-refractivity contribution in [2.75, 3.05) is 18.0 Å². The molecule has 142 valence electrons. The molecule has 2 heterocycles. The van der Waals surface area contributed by atoms with Crippen LogP contribution in [0.5, 0.6) is 0 Å². The van der Waals surface area contributed by atoms with Crippen molar-refractivity contribution < 1.29 is 8.42 Å². The normalized spacial score (nSPS) is 15.7. The first kappa shape index (κ1) is 19.3. The van der Waals surface area contributed by atoms with Crippen LogP contribution in [0.1, 0.15) is 55.9 Å². The van der Waals surface area contributed by atoms with Crippen molar-refractivity contribution in [2.45, 2.75) is 63.0 Å². The lowest BCUT2D eigenvalue weighted by Crippen LogP contribution is -2.17. The van der Waals surface area contributed by atoms with Crippen LogP contribution in [-0.4, -0.2) is 31.7 Å². The van der Waals surface area contributed by atoms with Crippen molar-refractivity contribution in [3.8, 4) is 0 Å². The van der Waals surface area contributed by atoms with Crippen LogP contribution in [0.2, 0.25) is 0 Å². The molecule has 1 aromatic carbocycles. The van der Waals surface area contributed by atoms with Gasteiger partial charge in [-0.1, -0.05) is 44.2 Å². The minimum absolute atomic E-state index is 0.0241. The molecule has 0 atom stereocenters. The van der Waals surface area contributed by atoms with E-state index in [0.717, 1.165) is 47.8 Å². The Morgan fingerprint density at radius 2 is 1.65 bits per heavy atom. The van der Waals surface area contributed by atoms with Crippen LogP contribution in [0.3, 0.4) is 0 Å². The number of aromatic nitrogens is 2. The number of benzene rings is 1. The van der Waals surface area contributed by atoms with Crippen LogP contribution in [0.15, 0.2) is 16.5 Å². The highest BCUT2D eigenvalue weighted by Gasteiger charge is 2.26. The largest absolute Gasteiger partial charge is 0.347 e. The Kier molecular flexibility index (Phi) is 5.14. The average Bonchev–Trinajstić information content (AvgIpc) is 3.20. The Morgan fingerprint density at radius 1 is 1.08 bits per heavy atom. The van der Waals surface area contributed by atoms with Crippen molar-refractivity contribution in [3.63, 3.8) is 0 Å². The number of rotatable bonds is 4. The van der Waals surface area contributed by atoms with Gasteiger partial charge in [-0.2, -0.15) is 0 Å². The first-order valence-corrected chi connectivity index (χ1v) is 11.5. The third kappa shape index (κ3) is 3.93. The Hall–Kier alpha value is -1.47. The van der Waals surface area contributed by atoms with Crippen LogP contribution >= 0.6 is 11.3 Å². The monoisotopic (exact) mass is 393 g/mol. The van der Waals surface area contributed by atoms with E-state index in [1.165, 1.54) is 16.9 Å². The van der Waals surface area contributed by atoms with Gasteiger partial charge in [0, 0.05) is 13.1 Å². The number of nitrogens with zero attached hydrogens (tertiary/aromatic N) is 3. The summed E-state index contributed by atoms with van der Waals surface area (Å²) in [5, 5.41) is 8.82. The van der Waals surface area contributed by atoms with Gasteiger partial charge in [-0.15, -0.1) is 10.2 Å². The highest BCUT2D eigenvalue weighted by atomic mass is 32.2. The van der Waals surface area contributed by atoms with Gasteiger partial charge in [-0.25, -0.2) is 8.42 Å². The highest BCUT2D eigenvalue weighted by Crippen LogP contribution is 2.31. The van der Waals surface area contributed by atoms with E-state index in [-0.39, 0.29) is 15.5 Å². The third-order valence-corrected chi connectivity index (χ3v) is 8.01. The maximum atomic E-state index is 12.9. The minimum Gasteiger partial charge on any atom is -0.347 e. The summed E-state index contributed by atoms with van der Waals surface area (Å²) in [5.74, 6) is -0.0241. The van der Waals surface area contributed by atoms with Gasteiger partial charge in [0.15, 0.2) is 0 Å². The molecule has 2 aromatic rings.